The molecule has 0 spiro atoms. The van der Waals surface area contributed by atoms with Gasteiger partial charge in [0.05, 0.1) is 4.90 Å². The number of sulfonamides is 1. The number of guanidine groups is 1. The number of hydrogen-bond acceptors (Lipinski definition) is 3. The number of hydrogen-bond donors (Lipinski definition) is 3. The number of aromatic nitrogens is 1. The maximum absolute atomic E-state index is 12.2. The molecule has 10 heteroatoms. The van der Waals surface area contributed by atoms with Crippen LogP contribution in [0.25, 0.3) is 0 Å². The van der Waals surface area contributed by atoms with Crippen molar-refractivity contribution >= 4 is 51.6 Å². The summed E-state index contributed by atoms with van der Waals surface area (Å²) in [5, 5.41) is 6.61. The fraction of sp³-hybridized carbons (Fsp3) is 0.312. The van der Waals surface area contributed by atoms with E-state index in [4.69, 9.17) is 11.6 Å². The summed E-state index contributed by atoms with van der Waals surface area (Å²) >= 11 is 5.83. The van der Waals surface area contributed by atoms with Gasteiger partial charge < -0.3 is 15.2 Å². The molecule has 0 atom stereocenters. The zero-order valence-corrected chi connectivity index (χ0v) is 18.3. The second kappa shape index (κ2) is 11.4. The van der Waals surface area contributed by atoms with Crippen LogP contribution in [0.1, 0.15) is 0 Å². The van der Waals surface area contributed by atoms with Crippen molar-refractivity contribution in [3.63, 3.8) is 0 Å². The summed E-state index contributed by atoms with van der Waals surface area (Å²) in [6, 6.07) is 10.1. The molecule has 0 saturated heterocycles. The van der Waals surface area contributed by atoms with Crippen LogP contribution >= 0.6 is 35.6 Å². The number of nitrogens with one attached hydrogen (secondary N) is 3. The van der Waals surface area contributed by atoms with Gasteiger partial charge in [-0.2, -0.15) is 0 Å². The molecule has 26 heavy (non-hydrogen) atoms. The van der Waals surface area contributed by atoms with E-state index in [2.05, 4.69) is 24.9 Å². The number of rotatable bonds is 8. The van der Waals surface area contributed by atoms with Gasteiger partial charge in [-0.3, -0.25) is 4.99 Å². The van der Waals surface area contributed by atoms with Gasteiger partial charge >= 0.3 is 0 Å². The van der Waals surface area contributed by atoms with Crippen molar-refractivity contribution in [1.82, 2.24) is 19.9 Å². The SMILES string of the molecule is CN=C(NCCNS(=O)(=O)c1cccc(Cl)c1)NCCn1cccc1.I. The van der Waals surface area contributed by atoms with Crippen LogP contribution in [-0.2, 0) is 16.6 Å². The molecule has 2 aromatic rings. The molecule has 0 amide bonds. The van der Waals surface area contributed by atoms with E-state index in [0.717, 1.165) is 6.54 Å². The molecule has 0 fully saturated rings. The maximum Gasteiger partial charge on any atom is 0.240 e. The third-order valence-corrected chi connectivity index (χ3v) is 5.06. The molecule has 1 heterocycles. The summed E-state index contributed by atoms with van der Waals surface area (Å²) in [4.78, 5) is 4.25. The average Bonchev–Trinajstić information content (AvgIpc) is 3.10. The van der Waals surface area contributed by atoms with E-state index in [9.17, 15) is 8.42 Å². The lowest BCUT2D eigenvalue weighted by atomic mass is 10.4. The van der Waals surface area contributed by atoms with Crippen molar-refractivity contribution in [2.45, 2.75) is 11.4 Å². The fourth-order valence-electron chi connectivity index (χ4n) is 2.13. The quantitative estimate of drug-likeness (QED) is 0.219. The first-order valence-electron chi connectivity index (χ1n) is 7.82. The van der Waals surface area contributed by atoms with E-state index in [1.54, 1.807) is 19.2 Å². The monoisotopic (exact) mass is 511 g/mol. The summed E-state index contributed by atoms with van der Waals surface area (Å²) in [5.41, 5.74) is 0. The Labute approximate surface area is 176 Å². The Balaban J connectivity index is 0.00000338. The molecule has 0 bridgehead atoms. The zero-order valence-electron chi connectivity index (χ0n) is 14.4. The highest BCUT2D eigenvalue weighted by Gasteiger charge is 2.13. The number of halogens is 2. The number of nitrogens with zero attached hydrogens (tertiary/aromatic N) is 2. The molecule has 0 radical (unpaired) electrons. The van der Waals surface area contributed by atoms with Crippen molar-refractivity contribution in [2.75, 3.05) is 26.7 Å². The standard InChI is InChI=1S/C16H22ClN5O2S.HI/c1-18-16(20-9-12-22-10-2-3-11-22)19-7-8-21-25(23,24)15-6-4-5-14(17)13-15;/h2-6,10-11,13,21H,7-9,12H2,1H3,(H2,18,19,20);1H. The highest BCUT2D eigenvalue weighted by Crippen LogP contribution is 2.14. The van der Waals surface area contributed by atoms with Gasteiger partial charge in [0.15, 0.2) is 5.96 Å². The van der Waals surface area contributed by atoms with Crippen LogP contribution in [0.4, 0.5) is 0 Å². The van der Waals surface area contributed by atoms with Gasteiger partial charge in [-0.25, -0.2) is 13.1 Å². The third-order valence-electron chi connectivity index (χ3n) is 3.37. The minimum absolute atomic E-state index is 0. The number of benzene rings is 1. The predicted molar refractivity (Wildman–Crippen MR) is 116 cm³/mol. The van der Waals surface area contributed by atoms with Gasteiger partial charge in [0.2, 0.25) is 10.0 Å². The van der Waals surface area contributed by atoms with Crippen molar-refractivity contribution in [3.8, 4) is 0 Å². The van der Waals surface area contributed by atoms with Gasteiger partial charge in [-0.15, -0.1) is 24.0 Å². The topological polar surface area (TPSA) is 87.5 Å². The lowest BCUT2D eigenvalue weighted by molar-refractivity contribution is 0.580. The molecule has 0 unspecified atom stereocenters. The van der Waals surface area contributed by atoms with Crippen LogP contribution < -0.4 is 15.4 Å². The van der Waals surface area contributed by atoms with E-state index in [1.807, 2.05) is 24.5 Å². The van der Waals surface area contributed by atoms with Gasteiger partial charge in [-0.05, 0) is 30.3 Å². The van der Waals surface area contributed by atoms with Crippen LogP contribution in [0, 0.1) is 0 Å². The molecule has 0 aliphatic heterocycles. The molecule has 1 aromatic carbocycles. The van der Waals surface area contributed by atoms with E-state index >= 15 is 0 Å². The van der Waals surface area contributed by atoms with Crippen molar-refractivity contribution in [2.24, 2.45) is 4.99 Å². The molecule has 0 aliphatic rings. The van der Waals surface area contributed by atoms with Crippen LogP contribution in [0.3, 0.4) is 0 Å². The summed E-state index contributed by atoms with van der Waals surface area (Å²) in [5.74, 6) is 0.620. The Hall–Kier alpha value is -1.30. The molecule has 1 aromatic heterocycles. The highest BCUT2D eigenvalue weighted by atomic mass is 127. The molecule has 144 valence electrons. The zero-order chi connectivity index (χ0) is 18.1. The molecule has 2 rings (SSSR count). The Kier molecular flexibility index (Phi) is 9.99. The second-order valence-corrected chi connectivity index (χ2v) is 7.41. The van der Waals surface area contributed by atoms with Gasteiger partial charge in [0.1, 0.15) is 0 Å². The average molecular weight is 512 g/mol. The lowest BCUT2D eigenvalue weighted by Gasteiger charge is -2.13. The third kappa shape index (κ3) is 7.52. The minimum atomic E-state index is -3.57. The van der Waals surface area contributed by atoms with Crippen molar-refractivity contribution in [1.29, 1.82) is 0 Å². The minimum Gasteiger partial charge on any atom is -0.355 e. The van der Waals surface area contributed by atoms with Crippen LogP contribution in [0.5, 0.6) is 0 Å². The fourth-order valence-corrected chi connectivity index (χ4v) is 3.46. The first-order chi connectivity index (χ1) is 12.0. The highest BCUT2D eigenvalue weighted by molar-refractivity contribution is 14.0. The van der Waals surface area contributed by atoms with E-state index in [0.29, 0.717) is 24.1 Å². The van der Waals surface area contributed by atoms with Gasteiger partial charge in [0.25, 0.3) is 0 Å². The van der Waals surface area contributed by atoms with Crippen LogP contribution in [-0.4, -0.2) is 45.6 Å². The van der Waals surface area contributed by atoms with E-state index in [1.165, 1.54) is 12.1 Å². The Morgan fingerprint density at radius 1 is 1.12 bits per heavy atom. The molecule has 0 saturated carbocycles. The molecule has 3 N–H and O–H groups in total. The smallest absolute Gasteiger partial charge is 0.240 e. The van der Waals surface area contributed by atoms with E-state index < -0.39 is 10.0 Å². The first-order valence-corrected chi connectivity index (χ1v) is 9.68. The molecular formula is C16H23ClIN5O2S. The number of aliphatic imine (C=N–C) groups is 1. The maximum atomic E-state index is 12.2. The Bertz CT molecular complexity index is 797. The summed E-state index contributed by atoms with van der Waals surface area (Å²) in [6.07, 6.45) is 3.98. The predicted octanol–water partition coefficient (Wildman–Crippen LogP) is 1.90. The lowest BCUT2D eigenvalue weighted by Crippen LogP contribution is -2.42. The van der Waals surface area contributed by atoms with Crippen molar-refractivity contribution < 1.29 is 8.42 Å². The second-order valence-electron chi connectivity index (χ2n) is 5.20. The normalized spacial score (nSPS) is 11.7. The van der Waals surface area contributed by atoms with Crippen LogP contribution in [0.15, 0.2) is 58.7 Å². The van der Waals surface area contributed by atoms with Crippen molar-refractivity contribution in [3.05, 3.63) is 53.8 Å². The molecule has 0 aliphatic carbocycles. The summed E-state index contributed by atoms with van der Waals surface area (Å²) < 4.78 is 28.9. The first kappa shape index (κ1) is 22.7. The summed E-state index contributed by atoms with van der Waals surface area (Å²) in [6.45, 7) is 2.16. The molecule has 7 nitrogen and oxygen atoms in total. The van der Waals surface area contributed by atoms with Gasteiger partial charge in [-0.1, -0.05) is 17.7 Å². The van der Waals surface area contributed by atoms with Crippen LogP contribution in [0.2, 0.25) is 5.02 Å². The van der Waals surface area contributed by atoms with E-state index in [-0.39, 0.29) is 35.4 Å². The largest absolute Gasteiger partial charge is 0.355 e. The Morgan fingerprint density at radius 2 is 1.81 bits per heavy atom. The Morgan fingerprint density at radius 3 is 2.46 bits per heavy atom. The molecular weight excluding hydrogens is 489 g/mol. The summed E-state index contributed by atoms with van der Waals surface area (Å²) in [7, 11) is -1.90. The van der Waals surface area contributed by atoms with Gasteiger partial charge in [0, 0.05) is 50.6 Å².